The lowest BCUT2D eigenvalue weighted by Gasteiger charge is -2.09. The van der Waals surface area contributed by atoms with Crippen LogP contribution in [0.25, 0.3) is 5.69 Å². The van der Waals surface area contributed by atoms with Gasteiger partial charge < -0.3 is 4.98 Å². The summed E-state index contributed by atoms with van der Waals surface area (Å²) in [5, 5.41) is 0.759. The van der Waals surface area contributed by atoms with Crippen LogP contribution < -0.4 is 0 Å². The van der Waals surface area contributed by atoms with Crippen molar-refractivity contribution in [2.45, 2.75) is 13.8 Å². The lowest BCUT2D eigenvalue weighted by Crippen LogP contribution is -1.99. The summed E-state index contributed by atoms with van der Waals surface area (Å²) in [6.07, 6.45) is 1.89. The zero-order valence-electron chi connectivity index (χ0n) is 8.54. The number of imidazole rings is 1. The summed E-state index contributed by atoms with van der Waals surface area (Å²) in [6.45, 7) is 4.00. The van der Waals surface area contributed by atoms with Crippen LogP contribution in [0.15, 0.2) is 24.4 Å². The minimum absolute atomic E-state index is 0.692. The third-order valence-electron chi connectivity index (χ3n) is 2.44. The Hall–Kier alpha value is -1.06. The van der Waals surface area contributed by atoms with Gasteiger partial charge in [-0.3, -0.25) is 4.57 Å². The number of H-pyrrole nitrogens is 1. The highest BCUT2D eigenvalue weighted by atomic mass is 35.5. The molecular formula is C11H11ClN2S. The van der Waals surface area contributed by atoms with Crippen LogP contribution in [0.2, 0.25) is 5.02 Å². The van der Waals surface area contributed by atoms with E-state index in [0.29, 0.717) is 4.77 Å². The van der Waals surface area contributed by atoms with Gasteiger partial charge in [0.2, 0.25) is 0 Å². The molecule has 2 rings (SSSR count). The van der Waals surface area contributed by atoms with E-state index in [4.69, 9.17) is 23.8 Å². The van der Waals surface area contributed by atoms with Crippen molar-refractivity contribution in [2.75, 3.05) is 0 Å². The summed E-state index contributed by atoms with van der Waals surface area (Å²) >= 11 is 11.3. The first-order valence-electron chi connectivity index (χ1n) is 4.64. The molecule has 0 spiro atoms. The summed E-state index contributed by atoms with van der Waals surface area (Å²) in [6, 6.07) is 5.82. The average Bonchev–Trinajstić information content (AvgIpc) is 2.52. The zero-order valence-corrected chi connectivity index (χ0v) is 10.1. The van der Waals surface area contributed by atoms with Gasteiger partial charge in [-0.2, -0.15) is 0 Å². The molecule has 78 valence electrons. The monoisotopic (exact) mass is 238 g/mol. The third-order valence-corrected chi connectivity index (χ3v) is 3.15. The Balaban J connectivity index is 2.75. The van der Waals surface area contributed by atoms with E-state index >= 15 is 0 Å². The molecule has 15 heavy (non-hydrogen) atoms. The van der Waals surface area contributed by atoms with Crippen LogP contribution in [0.1, 0.15) is 11.3 Å². The number of hydrogen-bond acceptors (Lipinski definition) is 1. The molecule has 1 aromatic carbocycles. The Morgan fingerprint density at radius 2 is 2.07 bits per heavy atom. The van der Waals surface area contributed by atoms with Gasteiger partial charge in [0, 0.05) is 16.9 Å². The van der Waals surface area contributed by atoms with Crippen molar-refractivity contribution in [3.8, 4) is 5.69 Å². The Morgan fingerprint density at radius 1 is 1.33 bits per heavy atom. The van der Waals surface area contributed by atoms with E-state index in [1.165, 1.54) is 0 Å². The minimum atomic E-state index is 0.692. The van der Waals surface area contributed by atoms with Crippen LogP contribution in [-0.4, -0.2) is 9.55 Å². The Labute approximate surface area is 98.5 Å². The SMILES string of the molecule is Cc1c(Cl)cccc1-n1c(C)c[nH]c1=S. The highest BCUT2D eigenvalue weighted by Crippen LogP contribution is 2.23. The van der Waals surface area contributed by atoms with E-state index in [1.54, 1.807) is 0 Å². The van der Waals surface area contributed by atoms with E-state index in [2.05, 4.69) is 4.98 Å². The maximum absolute atomic E-state index is 6.08. The van der Waals surface area contributed by atoms with Crippen molar-refractivity contribution in [3.63, 3.8) is 0 Å². The fraction of sp³-hybridized carbons (Fsp3) is 0.182. The second kappa shape index (κ2) is 3.83. The van der Waals surface area contributed by atoms with Gasteiger partial charge in [0.15, 0.2) is 4.77 Å². The molecule has 2 nitrogen and oxygen atoms in total. The van der Waals surface area contributed by atoms with E-state index in [0.717, 1.165) is 22.0 Å². The first-order chi connectivity index (χ1) is 7.11. The fourth-order valence-corrected chi connectivity index (χ4v) is 2.06. The second-order valence-corrected chi connectivity index (χ2v) is 4.25. The number of halogens is 1. The van der Waals surface area contributed by atoms with Crippen LogP contribution in [-0.2, 0) is 0 Å². The maximum atomic E-state index is 6.08. The van der Waals surface area contributed by atoms with Gasteiger partial charge in [-0.1, -0.05) is 17.7 Å². The average molecular weight is 239 g/mol. The molecular weight excluding hydrogens is 228 g/mol. The molecule has 0 aliphatic carbocycles. The van der Waals surface area contributed by atoms with Crippen molar-refractivity contribution in [1.29, 1.82) is 0 Å². The van der Waals surface area contributed by atoms with Crippen LogP contribution in [0.4, 0.5) is 0 Å². The molecule has 0 aliphatic heterocycles. The van der Waals surface area contributed by atoms with Crippen molar-refractivity contribution in [2.24, 2.45) is 0 Å². The van der Waals surface area contributed by atoms with Crippen LogP contribution >= 0.6 is 23.8 Å². The maximum Gasteiger partial charge on any atom is 0.182 e. The minimum Gasteiger partial charge on any atom is -0.337 e. The van der Waals surface area contributed by atoms with Crippen molar-refractivity contribution in [3.05, 3.63) is 45.4 Å². The van der Waals surface area contributed by atoms with Gasteiger partial charge in [-0.25, -0.2) is 0 Å². The van der Waals surface area contributed by atoms with E-state index in [9.17, 15) is 0 Å². The first kappa shape index (κ1) is 10.5. The zero-order chi connectivity index (χ0) is 11.0. The lowest BCUT2D eigenvalue weighted by atomic mass is 10.2. The second-order valence-electron chi connectivity index (χ2n) is 3.45. The van der Waals surface area contributed by atoms with Gasteiger partial charge >= 0.3 is 0 Å². The highest BCUT2D eigenvalue weighted by Gasteiger charge is 2.07. The van der Waals surface area contributed by atoms with Gasteiger partial charge in [0.1, 0.15) is 0 Å². The Bertz CT molecular complexity index is 554. The molecule has 0 saturated heterocycles. The van der Waals surface area contributed by atoms with Crippen molar-refractivity contribution >= 4 is 23.8 Å². The van der Waals surface area contributed by atoms with Crippen LogP contribution in [0, 0.1) is 18.6 Å². The van der Waals surface area contributed by atoms with Crippen LogP contribution in [0.3, 0.4) is 0 Å². The number of nitrogens with zero attached hydrogens (tertiary/aromatic N) is 1. The molecule has 1 N–H and O–H groups in total. The summed E-state index contributed by atoms with van der Waals surface area (Å²) in [5.41, 5.74) is 3.15. The number of hydrogen-bond donors (Lipinski definition) is 1. The van der Waals surface area contributed by atoms with Gasteiger partial charge in [-0.05, 0) is 43.8 Å². The van der Waals surface area contributed by atoms with Gasteiger partial charge in [-0.15, -0.1) is 0 Å². The molecule has 0 fully saturated rings. The Kier molecular flexibility index (Phi) is 2.67. The largest absolute Gasteiger partial charge is 0.337 e. The number of aryl methyl sites for hydroxylation is 1. The molecule has 1 aromatic heterocycles. The van der Waals surface area contributed by atoms with Crippen molar-refractivity contribution < 1.29 is 0 Å². The number of aromatic nitrogens is 2. The standard InChI is InChI=1S/C11H11ClN2S/c1-7-6-13-11(15)14(7)10-5-3-4-9(12)8(10)2/h3-6H,1-2H3,(H,13,15). The van der Waals surface area contributed by atoms with Gasteiger partial charge in [0.05, 0.1) is 5.69 Å². The first-order valence-corrected chi connectivity index (χ1v) is 5.42. The fourth-order valence-electron chi connectivity index (χ4n) is 1.59. The highest BCUT2D eigenvalue weighted by molar-refractivity contribution is 7.71. The number of aromatic amines is 1. The lowest BCUT2D eigenvalue weighted by molar-refractivity contribution is 0.973. The molecule has 0 aliphatic rings. The molecule has 0 saturated carbocycles. The van der Waals surface area contributed by atoms with E-state index in [-0.39, 0.29) is 0 Å². The summed E-state index contributed by atoms with van der Waals surface area (Å²) in [7, 11) is 0. The van der Waals surface area contributed by atoms with Gasteiger partial charge in [0.25, 0.3) is 0 Å². The summed E-state index contributed by atoms with van der Waals surface area (Å²) < 4.78 is 2.68. The summed E-state index contributed by atoms with van der Waals surface area (Å²) in [4.78, 5) is 3.02. The topological polar surface area (TPSA) is 20.7 Å². The van der Waals surface area contributed by atoms with E-state index < -0.39 is 0 Å². The normalized spacial score (nSPS) is 10.6. The van der Waals surface area contributed by atoms with E-state index in [1.807, 2.05) is 42.8 Å². The van der Waals surface area contributed by atoms with Crippen molar-refractivity contribution in [1.82, 2.24) is 9.55 Å². The number of rotatable bonds is 1. The molecule has 1 heterocycles. The number of nitrogens with one attached hydrogen (secondary N) is 1. The van der Waals surface area contributed by atoms with Crippen LogP contribution in [0.5, 0.6) is 0 Å². The Morgan fingerprint density at radius 3 is 2.67 bits per heavy atom. The molecule has 0 radical (unpaired) electrons. The molecule has 0 unspecified atom stereocenters. The molecule has 0 bridgehead atoms. The quantitative estimate of drug-likeness (QED) is 0.750. The predicted molar refractivity (Wildman–Crippen MR) is 65.4 cm³/mol. The third kappa shape index (κ3) is 1.73. The molecule has 2 aromatic rings. The molecule has 0 atom stereocenters. The summed E-state index contributed by atoms with van der Waals surface area (Å²) in [5.74, 6) is 0. The molecule has 0 amide bonds. The number of benzene rings is 1. The molecule has 4 heteroatoms. The predicted octanol–water partition coefficient (Wildman–Crippen LogP) is 3.81. The smallest absolute Gasteiger partial charge is 0.182 e.